The molecular weight excluding hydrogens is 412 g/mol. The number of nitrogens with zero attached hydrogens (tertiary/aromatic N) is 5. The fraction of sp³-hybridized carbons (Fsp3) is 0.263. The normalized spacial score (nSPS) is 11.0. The third-order valence-electron chi connectivity index (χ3n) is 3.70. The third-order valence-corrected chi connectivity index (χ3v) is 3.70. The van der Waals surface area contributed by atoms with E-state index in [-0.39, 0.29) is 40.7 Å². The zero-order valence-electron chi connectivity index (χ0n) is 17.1. The summed E-state index contributed by atoms with van der Waals surface area (Å²) in [5.41, 5.74) is 0.623. The Labute approximate surface area is 176 Å². The molecule has 1 amide bonds. The van der Waals surface area contributed by atoms with Crippen LogP contribution in [0.5, 0.6) is 17.5 Å². The van der Waals surface area contributed by atoms with E-state index in [0.29, 0.717) is 12.6 Å². The van der Waals surface area contributed by atoms with Crippen LogP contribution in [-0.4, -0.2) is 37.9 Å². The van der Waals surface area contributed by atoms with Crippen LogP contribution in [0.1, 0.15) is 25.4 Å². The molecule has 31 heavy (non-hydrogen) atoms. The van der Waals surface area contributed by atoms with Gasteiger partial charge >= 0.3 is 5.92 Å². The van der Waals surface area contributed by atoms with Crippen LogP contribution < -0.4 is 20.1 Å². The molecule has 0 fully saturated rings. The van der Waals surface area contributed by atoms with Crippen LogP contribution in [0.3, 0.4) is 0 Å². The standard InChI is InChI=1S/C19H19F2N7O3/c1-10-5-15(27-18(24-10)19(3,20)21)26-12-6-14(25-11(2)29)23-7-13(12)31-17-9-22-8-16(28-17)30-4/h5-9H,1-4H3,(H2,23,24,25,26,27,29). The van der Waals surface area contributed by atoms with Gasteiger partial charge in [-0.2, -0.15) is 13.8 Å². The summed E-state index contributed by atoms with van der Waals surface area (Å²) in [6.45, 7) is 3.61. The van der Waals surface area contributed by atoms with Gasteiger partial charge in [0.2, 0.25) is 23.5 Å². The molecule has 3 aromatic rings. The highest BCUT2D eigenvalue weighted by Gasteiger charge is 2.29. The van der Waals surface area contributed by atoms with Gasteiger partial charge in [0.05, 0.1) is 31.4 Å². The molecule has 3 rings (SSSR count). The number of amides is 1. The van der Waals surface area contributed by atoms with Gasteiger partial charge < -0.3 is 20.1 Å². The number of hydrogen-bond donors (Lipinski definition) is 2. The Kier molecular flexibility index (Phi) is 6.18. The molecule has 2 N–H and O–H groups in total. The van der Waals surface area contributed by atoms with Crippen LogP contribution in [0.15, 0.2) is 30.7 Å². The van der Waals surface area contributed by atoms with E-state index in [4.69, 9.17) is 9.47 Å². The predicted octanol–water partition coefficient (Wildman–Crippen LogP) is 3.58. The van der Waals surface area contributed by atoms with Crippen molar-refractivity contribution in [2.24, 2.45) is 0 Å². The number of aromatic nitrogens is 5. The van der Waals surface area contributed by atoms with Gasteiger partial charge in [0.1, 0.15) is 11.6 Å². The van der Waals surface area contributed by atoms with Crippen molar-refractivity contribution >= 4 is 23.2 Å². The summed E-state index contributed by atoms with van der Waals surface area (Å²) in [6.07, 6.45) is 4.09. The predicted molar refractivity (Wildman–Crippen MR) is 107 cm³/mol. The third kappa shape index (κ3) is 5.78. The number of pyridine rings is 1. The summed E-state index contributed by atoms with van der Waals surface area (Å²) in [5.74, 6) is -3.36. The zero-order chi connectivity index (χ0) is 22.6. The van der Waals surface area contributed by atoms with Crippen LogP contribution >= 0.6 is 0 Å². The van der Waals surface area contributed by atoms with E-state index in [9.17, 15) is 13.6 Å². The van der Waals surface area contributed by atoms with E-state index in [1.165, 1.54) is 44.8 Å². The molecule has 12 heteroatoms. The van der Waals surface area contributed by atoms with Crippen molar-refractivity contribution in [2.75, 3.05) is 17.7 Å². The van der Waals surface area contributed by atoms with E-state index in [1.807, 2.05) is 0 Å². The summed E-state index contributed by atoms with van der Waals surface area (Å²) in [6, 6.07) is 2.95. The SMILES string of the molecule is COc1cncc(Oc2cnc(NC(C)=O)cc2Nc2cc(C)nc(C(C)(F)F)n2)n1. The molecule has 0 bridgehead atoms. The van der Waals surface area contributed by atoms with Gasteiger partial charge in [-0.05, 0) is 6.92 Å². The van der Waals surface area contributed by atoms with Crippen molar-refractivity contribution in [3.63, 3.8) is 0 Å². The Morgan fingerprint density at radius 1 is 1.06 bits per heavy atom. The van der Waals surface area contributed by atoms with Crippen molar-refractivity contribution < 1.29 is 23.0 Å². The van der Waals surface area contributed by atoms with Crippen LogP contribution in [0.2, 0.25) is 0 Å². The van der Waals surface area contributed by atoms with Crippen molar-refractivity contribution in [1.29, 1.82) is 0 Å². The number of halogens is 2. The van der Waals surface area contributed by atoms with Crippen LogP contribution in [0.25, 0.3) is 0 Å². The summed E-state index contributed by atoms with van der Waals surface area (Å²) in [4.78, 5) is 31.2. The smallest absolute Gasteiger partial charge is 0.303 e. The first-order valence-corrected chi connectivity index (χ1v) is 8.96. The molecule has 3 aromatic heterocycles. The van der Waals surface area contributed by atoms with Gasteiger partial charge in [-0.1, -0.05) is 0 Å². The van der Waals surface area contributed by atoms with E-state index >= 15 is 0 Å². The van der Waals surface area contributed by atoms with E-state index < -0.39 is 11.7 Å². The first-order chi connectivity index (χ1) is 14.6. The summed E-state index contributed by atoms with van der Waals surface area (Å²) in [5, 5.41) is 5.45. The number of carbonyl (C=O) groups excluding carboxylic acids is 1. The molecule has 0 aliphatic heterocycles. The lowest BCUT2D eigenvalue weighted by Crippen LogP contribution is -2.14. The number of aryl methyl sites for hydroxylation is 1. The first kappa shape index (κ1) is 21.7. The number of anilines is 3. The Bertz CT molecular complexity index is 1110. The van der Waals surface area contributed by atoms with Gasteiger partial charge in [-0.15, -0.1) is 0 Å². The maximum atomic E-state index is 13.7. The zero-order valence-corrected chi connectivity index (χ0v) is 17.1. The van der Waals surface area contributed by atoms with Crippen molar-refractivity contribution in [3.8, 4) is 17.5 Å². The van der Waals surface area contributed by atoms with Crippen LogP contribution in [0.4, 0.5) is 26.1 Å². The van der Waals surface area contributed by atoms with Gasteiger partial charge in [0, 0.05) is 31.7 Å². The number of carbonyl (C=O) groups is 1. The Balaban J connectivity index is 2.00. The van der Waals surface area contributed by atoms with Crippen molar-refractivity contribution in [2.45, 2.75) is 26.7 Å². The van der Waals surface area contributed by atoms with Crippen molar-refractivity contribution in [3.05, 3.63) is 42.2 Å². The molecule has 0 radical (unpaired) electrons. The van der Waals surface area contributed by atoms with E-state index in [1.54, 1.807) is 6.92 Å². The average Bonchev–Trinajstić information content (AvgIpc) is 2.68. The summed E-state index contributed by atoms with van der Waals surface area (Å²) in [7, 11) is 1.43. The minimum absolute atomic E-state index is 0.102. The number of ether oxygens (including phenoxy) is 2. The average molecular weight is 431 g/mol. The second kappa shape index (κ2) is 8.81. The number of hydrogen-bond acceptors (Lipinski definition) is 9. The molecule has 0 saturated carbocycles. The number of rotatable bonds is 7. The number of alkyl halides is 2. The lowest BCUT2D eigenvalue weighted by molar-refractivity contribution is -0.114. The Hall–Kier alpha value is -3.96. The first-order valence-electron chi connectivity index (χ1n) is 8.96. The largest absolute Gasteiger partial charge is 0.480 e. The summed E-state index contributed by atoms with van der Waals surface area (Å²) < 4.78 is 38.2. The highest BCUT2D eigenvalue weighted by molar-refractivity contribution is 5.88. The Morgan fingerprint density at radius 2 is 1.81 bits per heavy atom. The minimum Gasteiger partial charge on any atom is -0.480 e. The molecule has 0 aromatic carbocycles. The van der Waals surface area contributed by atoms with Gasteiger partial charge in [-0.25, -0.2) is 15.0 Å². The van der Waals surface area contributed by atoms with Crippen LogP contribution in [-0.2, 0) is 10.7 Å². The number of methoxy groups -OCH3 is 1. The molecule has 0 aliphatic rings. The molecule has 3 heterocycles. The maximum absolute atomic E-state index is 13.7. The second-order valence-electron chi connectivity index (χ2n) is 6.48. The van der Waals surface area contributed by atoms with Gasteiger partial charge in [0.25, 0.3) is 0 Å². The lowest BCUT2D eigenvalue weighted by atomic mass is 10.3. The quantitative estimate of drug-likeness (QED) is 0.577. The van der Waals surface area contributed by atoms with E-state index in [2.05, 4.69) is 35.6 Å². The van der Waals surface area contributed by atoms with Gasteiger partial charge in [0.15, 0.2) is 5.75 Å². The highest BCUT2D eigenvalue weighted by Crippen LogP contribution is 2.33. The fourth-order valence-electron chi connectivity index (χ4n) is 2.43. The highest BCUT2D eigenvalue weighted by atomic mass is 19.3. The monoisotopic (exact) mass is 431 g/mol. The minimum atomic E-state index is -3.22. The second-order valence-corrected chi connectivity index (χ2v) is 6.48. The lowest BCUT2D eigenvalue weighted by Gasteiger charge is -2.15. The van der Waals surface area contributed by atoms with Crippen LogP contribution in [0, 0.1) is 6.92 Å². The molecule has 0 atom stereocenters. The molecular formula is C19H19F2N7O3. The fourth-order valence-corrected chi connectivity index (χ4v) is 2.43. The van der Waals surface area contributed by atoms with Crippen molar-refractivity contribution in [1.82, 2.24) is 24.9 Å². The number of nitrogens with one attached hydrogen (secondary N) is 2. The molecule has 0 spiro atoms. The van der Waals surface area contributed by atoms with E-state index in [0.717, 1.165) is 0 Å². The topological polar surface area (TPSA) is 124 Å². The molecule has 162 valence electrons. The summed E-state index contributed by atoms with van der Waals surface area (Å²) >= 11 is 0. The molecule has 10 nitrogen and oxygen atoms in total. The maximum Gasteiger partial charge on any atom is 0.303 e. The molecule has 0 aliphatic carbocycles. The van der Waals surface area contributed by atoms with Gasteiger partial charge in [-0.3, -0.25) is 9.78 Å². The Morgan fingerprint density at radius 3 is 2.48 bits per heavy atom. The molecule has 0 unspecified atom stereocenters. The molecule has 0 saturated heterocycles.